The van der Waals surface area contributed by atoms with E-state index in [0.29, 0.717) is 11.3 Å². The van der Waals surface area contributed by atoms with Crippen LogP contribution in [-0.2, 0) is 14.2 Å². The van der Waals surface area contributed by atoms with Crippen LogP contribution in [0.25, 0.3) is 10.8 Å². The molecule has 4 aromatic rings. The van der Waals surface area contributed by atoms with Crippen molar-refractivity contribution in [1.29, 1.82) is 0 Å². The Bertz CT molecular complexity index is 1400. The Labute approximate surface area is 229 Å². The minimum absolute atomic E-state index is 0. The van der Waals surface area contributed by atoms with Crippen molar-refractivity contribution >= 4 is 22.7 Å². The van der Waals surface area contributed by atoms with Crippen LogP contribution >= 0.6 is 0 Å². The minimum atomic E-state index is -1.71. The number of fused-ring (bicyclic) bond motifs is 1. The molecule has 1 aromatic heterocycles. The number of nitrogens with zero attached hydrogens (tertiary/aromatic N) is 1. The minimum Gasteiger partial charge on any atom is -1.00 e. The molecule has 0 amide bonds. The number of hydrogen-bond donors (Lipinski definition) is 0. The number of alkyl halides is 1. The van der Waals surface area contributed by atoms with Gasteiger partial charge >= 0.3 is 11.9 Å². The van der Waals surface area contributed by atoms with E-state index in [4.69, 9.17) is 18.9 Å². The molecular weight excluding hydrogens is 557 g/mol. The lowest BCUT2D eigenvalue weighted by molar-refractivity contribution is -0.763. The average molecular weight is 582 g/mol. The van der Waals surface area contributed by atoms with Gasteiger partial charge in [0, 0.05) is 11.5 Å². The molecule has 5 rings (SSSR count). The summed E-state index contributed by atoms with van der Waals surface area (Å²) in [5.74, 6) is -0.560. The van der Waals surface area contributed by atoms with Crippen LogP contribution in [0.4, 0.5) is 4.39 Å². The van der Waals surface area contributed by atoms with Crippen LogP contribution in [0.15, 0.2) is 97.3 Å². The van der Waals surface area contributed by atoms with E-state index in [1.165, 1.54) is 0 Å². The highest BCUT2D eigenvalue weighted by Gasteiger charge is 2.53. The smallest absolute Gasteiger partial charge is 0.338 e. The Kier molecular flexibility index (Phi) is 8.70. The molecule has 0 N–H and O–H groups in total. The van der Waals surface area contributed by atoms with Crippen LogP contribution in [0.5, 0.6) is 5.75 Å². The highest BCUT2D eigenvalue weighted by molar-refractivity contribution is 5.90. The monoisotopic (exact) mass is 581 g/mol. The summed E-state index contributed by atoms with van der Waals surface area (Å²) in [4.78, 5) is 25.2. The van der Waals surface area contributed by atoms with Crippen molar-refractivity contribution < 1.29 is 54.5 Å². The number of carbonyl (C=O) groups excluding carboxylic acids is 2. The predicted molar refractivity (Wildman–Crippen MR) is 132 cm³/mol. The van der Waals surface area contributed by atoms with Crippen LogP contribution in [0.3, 0.4) is 0 Å². The standard InChI is InChI=1S/C29H25FNO6.BrH/c1-34-23-13-12-22-17-31(15-14-21(22)16-23)27-25(30)26(37-29(33)20-10-6-3-7-11-20)24(36-27)18-35-28(32)19-8-4-2-5-9-19;/h2-17,24-27H,18H2,1H3;1H/q+1;/p-1/t24-,25+,26-,27+;/m1./s1. The first kappa shape index (κ1) is 27.2. The maximum atomic E-state index is 15.8. The number of ether oxygens (including phenoxy) is 4. The number of methoxy groups -OCH3 is 1. The first-order valence-electron chi connectivity index (χ1n) is 11.8. The van der Waals surface area contributed by atoms with Gasteiger partial charge in [-0.05, 0) is 47.9 Å². The second-order valence-electron chi connectivity index (χ2n) is 8.60. The SMILES string of the molecule is COc1ccc2c[n+]([C@H]3O[C@H](COC(=O)c4ccccc4)[C@@H](OC(=O)c4ccccc4)[C@@H]3F)ccc2c1.[Br-]. The van der Waals surface area contributed by atoms with Crippen LogP contribution in [0.2, 0.25) is 0 Å². The molecule has 0 bridgehead atoms. The normalized spacial score (nSPS) is 20.4. The zero-order valence-corrected chi connectivity index (χ0v) is 22.0. The summed E-state index contributed by atoms with van der Waals surface area (Å²) < 4.78 is 39.7. The van der Waals surface area contributed by atoms with Crippen molar-refractivity contribution in [3.63, 3.8) is 0 Å². The zero-order chi connectivity index (χ0) is 25.8. The number of esters is 2. The van der Waals surface area contributed by atoms with Gasteiger partial charge in [-0.1, -0.05) is 36.4 Å². The molecule has 38 heavy (non-hydrogen) atoms. The molecular formula is C29H25BrFNO6. The fourth-order valence-electron chi connectivity index (χ4n) is 4.26. The van der Waals surface area contributed by atoms with Crippen molar-refractivity contribution in [2.24, 2.45) is 0 Å². The van der Waals surface area contributed by atoms with Gasteiger partial charge in [0.25, 0.3) is 6.23 Å². The summed E-state index contributed by atoms with van der Waals surface area (Å²) in [5, 5.41) is 1.75. The summed E-state index contributed by atoms with van der Waals surface area (Å²) in [7, 11) is 1.59. The van der Waals surface area contributed by atoms with Crippen LogP contribution < -0.4 is 26.3 Å². The van der Waals surface area contributed by atoms with Gasteiger partial charge in [-0.2, -0.15) is 4.57 Å². The fraction of sp³-hybridized carbons (Fsp3) is 0.207. The Morgan fingerprint density at radius 3 is 2.21 bits per heavy atom. The van der Waals surface area contributed by atoms with Crippen LogP contribution in [-0.4, -0.2) is 44.0 Å². The molecule has 1 fully saturated rings. The van der Waals surface area contributed by atoms with E-state index >= 15 is 4.39 Å². The summed E-state index contributed by atoms with van der Waals surface area (Å²) in [5.41, 5.74) is 0.636. The molecule has 196 valence electrons. The van der Waals surface area contributed by atoms with E-state index in [0.717, 1.165) is 10.8 Å². The van der Waals surface area contributed by atoms with E-state index in [-0.39, 0.29) is 29.2 Å². The molecule has 0 spiro atoms. The van der Waals surface area contributed by atoms with Gasteiger partial charge in [-0.3, -0.25) is 0 Å². The molecule has 2 heterocycles. The maximum absolute atomic E-state index is 15.8. The lowest BCUT2D eigenvalue weighted by Gasteiger charge is -2.19. The van der Waals surface area contributed by atoms with E-state index < -0.39 is 36.5 Å². The van der Waals surface area contributed by atoms with Gasteiger partial charge in [-0.15, -0.1) is 0 Å². The largest absolute Gasteiger partial charge is 1.00 e. The molecule has 7 nitrogen and oxygen atoms in total. The first-order valence-corrected chi connectivity index (χ1v) is 11.8. The number of carbonyl (C=O) groups is 2. The van der Waals surface area contributed by atoms with E-state index in [1.54, 1.807) is 84.7 Å². The van der Waals surface area contributed by atoms with E-state index in [9.17, 15) is 9.59 Å². The number of pyridine rings is 1. The third-order valence-corrected chi connectivity index (χ3v) is 6.21. The van der Waals surface area contributed by atoms with Crippen molar-refractivity contribution in [2.45, 2.75) is 24.6 Å². The van der Waals surface area contributed by atoms with Crippen LogP contribution in [0.1, 0.15) is 26.9 Å². The topological polar surface area (TPSA) is 74.9 Å². The van der Waals surface area contributed by atoms with Gasteiger partial charge in [0.15, 0.2) is 18.5 Å². The Morgan fingerprint density at radius 2 is 1.55 bits per heavy atom. The Balaban J connectivity index is 0.00000336. The molecule has 9 heteroatoms. The molecule has 1 aliphatic heterocycles. The number of rotatable bonds is 7. The summed E-state index contributed by atoms with van der Waals surface area (Å²) in [6.07, 6.45) is -1.68. The molecule has 3 aromatic carbocycles. The molecule has 0 unspecified atom stereocenters. The lowest BCUT2D eigenvalue weighted by Crippen LogP contribution is -3.00. The highest BCUT2D eigenvalue weighted by atomic mass is 79.9. The fourth-order valence-corrected chi connectivity index (χ4v) is 4.26. The second-order valence-corrected chi connectivity index (χ2v) is 8.60. The number of aromatic nitrogens is 1. The van der Waals surface area contributed by atoms with E-state index in [1.807, 2.05) is 24.3 Å². The van der Waals surface area contributed by atoms with Gasteiger partial charge in [0.1, 0.15) is 18.5 Å². The van der Waals surface area contributed by atoms with Gasteiger partial charge in [0.05, 0.1) is 18.2 Å². The number of hydrogen-bond acceptors (Lipinski definition) is 6. The Morgan fingerprint density at radius 1 is 0.895 bits per heavy atom. The predicted octanol–water partition coefficient (Wildman–Crippen LogP) is 1.46. The van der Waals surface area contributed by atoms with Gasteiger partial charge in [-0.25, -0.2) is 14.0 Å². The zero-order valence-electron chi connectivity index (χ0n) is 20.4. The van der Waals surface area contributed by atoms with Gasteiger partial charge in [0.2, 0.25) is 6.17 Å². The first-order chi connectivity index (χ1) is 18.0. The van der Waals surface area contributed by atoms with Crippen molar-refractivity contribution in [1.82, 2.24) is 0 Å². The molecule has 0 radical (unpaired) electrons. The molecule has 1 aliphatic rings. The molecule has 1 saturated heterocycles. The van der Waals surface area contributed by atoms with Crippen molar-refractivity contribution in [3.05, 3.63) is 108 Å². The van der Waals surface area contributed by atoms with Gasteiger partial charge < -0.3 is 35.9 Å². The number of benzene rings is 3. The third-order valence-electron chi connectivity index (χ3n) is 6.21. The highest BCUT2D eigenvalue weighted by Crippen LogP contribution is 2.32. The average Bonchev–Trinajstić information content (AvgIpc) is 3.26. The van der Waals surface area contributed by atoms with Crippen molar-refractivity contribution in [2.75, 3.05) is 13.7 Å². The summed E-state index contributed by atoms with van der Waals surface area (Å²) in [6, 6.07) is 24.1. The Hall–Kier alpha value is -3.82. The second kappa shape index (κ2) is 12.1. The van der Waals surface area contributed by atoms with E-state index in [2.05, 4.69) is 0 Å². The molecule has 0 saturated carbocycles. The maximum Gasteiger partial charge on any atom is 0.338 e. The number of halogens is 2. The molecule has 0 aliphatic carbocycles. The van der Waals surface area contributed by atoms with Crippen LogP contribution in [0, 0.1) is 0 Å². The summed E-state index contributed by atoms with van der Waals surface area (Å²) >= 11 is 0. The lowest BCUT2D eigenvalue weighted by atomic mass is 10.1. The van der Waals surface area contributed by atoms with Crippen molar-refractivity contribution in [3.8, 4) is 5.75 Å². The third kappa shape index (κ3) is 5.84. The quantitative estimate of drug-likeness (QED) is 0.243. The molecule has 4 atom stereocenters. The summed E-state index contributed by atoms with van der Waals surface area (Å²) in [6.45, 7) is -0.289.